The number of aliphatic hydroxyl groups is 1. The van der Waals surface area contributed by atoms with E-state index in [4.69, 9.17) is 4.74 Å². The van der Waals surface area contributed by atoms with Gasteiger partial charge >= 0.3 is 0 Å². The molecule has 0 spiro atoms. The molecule has 0 radical (unpaired) electrons. The van der Waals surface area contributed by atoms with Gasteiger partial charge in [0.1, 0.15) is 0 Å². The van der Waals surface area contributed by atoms with Crippen molar-refractivity contribution in [3.8, 4) is 0 Å². The lowest BCUT2D eigenvalue weighted by atomic mass is 9.58. The average molecular weight is 253 g/mol. The molecule has 1 aliphatic heterocycles. The van der Waals surface area contributed by atoms with E-state index in [2.05, 4.69) is 0 Å². The van der Waals surface area contributed by atoms with Gasteiger partial charge in [0.25, 0.3) is 0 Å². The minimum atomic E-state index is -0.346. The number of ether oxygens (including phenoxy) is 1. The summed E-state index contributed by atoms with van der Waals surface area (Å²) in [6, 6.07) is 0.271. The number of hydrogen-bond donors (Lipinski definition) is 1. The van der Waals surface area contributed by atoms with Crippen LogP contribution in [0.1, 0.15) is 32.6 Å². The molecule has 1 N–H and O–H groups in total. The Bertz CT molecular complexity index is 359. The molecule has 0 unspecified atom stereocenters. The van der Waals surface area contributed by atoms with Crippen LogP contribution in [0.2, 0.25) is 0 Å². The lowest BCUT2D eigenvalue weighted by Crippen LogP contribution is -2.64. The molecule has 3 rings (SSSR count). The van der Waals surface area contributed by atoms with Crippen molar-refractivity contribution in [1.29, 1.82) is 0 Å². The fourth-order valence-corrected chi connectivity index (χ4v) is 4.90. The van der Waals surface area contributed by atoms with Crippen molar-refractivity contribution < 1.29 is 14.6 Å². The Hall–Kier alpha value is -0.610. The summed E-state index contributed by atoms with van der Waals surface area (Å²) in [5, 5.41) is 10.3. The third-order valence-electron chi connectivity index (χ3n) is 5.55. The first-order chi connectivity index (χ1) is 8.65. The topological polar surface area (TPSA) is 49.8 Å². The molecule has 0 aromatic carbocycles. The van der Waals surface area contributed by atoms with Crippen molar-refractivity contribution in [3.05, 3.63) is 0 Å². The minimum Gasteiger partial charge on any atom is -0.393 e. The van der Waals surface area contributed by atoms with Crippen LogP contribution in [0.3, 0.4) is 0 Å². The van der Waals surface area contributed by atoms with Gasteiger partial charge < -0.3 is 14.7 Å². The van der Waals surface area contributed by atoms with Gasteiger partial charge in [-0.1, -0.05) is 0 Å². The zero-order valence-electron chi connectivity index (χ0n) is 11.3. The number of carbonyl (C=O) groups excluding carboxylic acids is 1. The first-order valence-corrected chi connectivity index (χ1v) is 7.13. The van der Waals surface area contributed by atoms with Crippen LogP contribution in [-0.2, 0) is 9.53 Å². The summed E-state index contributed by atoms with van der Waals surface area (Å²) in [5.41, 5.74) is -0.346. The highest BCUT2D eigenvalue weighted by atomic mass is 16.5. The summed E-state index contributed by atoms with van der Waals surface area (Å²) in [6.07, 6.45) is 3.43. The van der Waals surface area contributed by atoms with Gasteiger partial charge in [-0.25, -0.2) is 0 Å². The molecule has 1 saturated heterocycles. The largest absolute Gasteiger partial charge is 0.393 e. The van der Waals surface area contributed by atoms with E-state index in [1.807, 2.05) is 11.8 Å². The number of likely N-dealkylation sites (tertiary alicyclic amines) is 1. The van der Waals surface area contributed by atoms with Gasteiger partial charge in [0.05, 0.1) is 18.1 Å². The Morgan fingerprint density at radius 1 is 1.44 bits per heavy atom. The maximum absolute atomic E-state index is 12.8. The minimum absolute atomic E-state index is 0.227. The second kappa shape index (κ2) is 4.20. The molecular formula is C14H23NO3. The molecule has 1 amide bonds. The van der Waals surface area contributed by atoms with Gasteiger partial charge in [0.2, 0.25) is 5.91 Å². The molecular weight excluding hydrogens is 230 g/mol. The smallest absolute Gasteiger partial charge is 0.231 e. The summed E-state index contributed by atoms with van der Waals surface area (Å²) in [7, 11) is 1.68. The van der Waals surface area contributed by atoms with E-state index < -0.39 is 0 Å². The van der Waals surface area contributed by atoms with Crippen LogP contribution in [-0.4, -0.2) is 48.3 Å². The molecule has 18 heavy (non-hydrogen) atoms. The van der Waals surface area contributed by atoms with Gasteiger partial charge in [-0.15, -0.1) is 0 Å². The number of carbonyl (C=O) groups is 1. The second-order valence-electron chi connectivity index (χ2n) is 6.11. The van der Waals surface area contributed by atoms with Crippen LogP contribution in [0.15, 0.2) is 0 Å². The summed E-state index contributed by atoms with van der Waals surface area (Å²) in [5.74, 6) is 0.899. The standard InChI is InChI=1S/C14H23NO3/c1-3-15-10-5-4-9-12(10)11(16)6-7-14(9,8-18-2)13(15)17/h9-12,16H,3-8H2,1-2H3/t9-,10+,11-,12-,14-/m0/s1. The molecule has 102 valence electrons. The van der Waals surface area contributed by atoms with E-state index in [1.165, 1.54) is 0 Å². The van der Waals surface area contributed by atoms with Crippen molar-refractivity contribution in [2.24, 2.45) is 17.3 Å². The first-order valence-electron chi connectivity index (χ1n) is 7.13. The van der Waals surface area contributed by atoms with Crippen molar-refractivity contribution in [2.45, 2.75) is 44.8 Å². The van der Waals surface area contributed by atoms with Crippen molar-refractivity contribution in [1.82, 2.24) is 4.90 Å². The highest BCUT2D eigenvalue weighted by molar-refractivity contribution is 5.85. The Balaban J connectivity index is 2.03. The van der Waals surface area contributed by atoms with E-state index >= 15 is 0 Å². The number of piperidine rings is 1. The molecule has 2 saturated carbocycles. The number of nitrogens with zero attached hydrogens (tertiary/aromatic N) is 1. The number of hydrogen-bond acceptors (Lipinski definition) is 3. The van der Waals surface area contributed by atoms with Crippen LogP contribution in [0.5, 0.6) is 0 Å². The normalized spacial score (nSPS) is 46.6. The maximum atomic E-state index is 12.8. The number of rotatable bonds is 3. The van der Waals surface area contributed by atoms with E-state index in [1.54, 1.807) is 7.11 Å². The van der Waals surface area contributed by atoms with Crippen molar-refractivity contribution >= 4 is 5.91 Å². The van der Waals surface area contributed by atoms with Crippen molar-refractivity contribution in [2.75, 3.05) is 20.3 Å². The molecule has 0 aromatic rings. The summed E-state index contributed by atoms with van der Waals surface area (Å²) >= 11 is 0. The van der Waals surface area contributed by atoms with Crippen LogP contribution >= 0.6 is 0 Å². The molecule has 2 aliphatic carbocycles. The molecule has 3 aliphatic rings. The van der Waals surface area contributed by atoms with E-state index in [-0.39, 0.29) is 29.4 Å². The first kappa shape index (κ1) is 12.4. The molecule has 5 atom stereocenters. The lowest BCUT2D eigenvalue weighted by Gasteiger charge is -2.54. The number of methoxy groups -OCH3 is 1. The van der Waals surface area contributed by atoms with Gasteiger partial charge in [-0.05, 0) is 38.5 Å². The third kappa shape index (κ3) is 1.36. The maximum Gasteiger partial charge on any atom is 0.231 e. The van der Waals surface area contributed by atoms with Crippen LogP contribution in [0.25, 0.3) is 0 Å². The van der Waals surface area contributed by atoms with Crippen LogP contribution in [0.4, 0.5) is 0 Å². The zero-order valence-corrected chi connectivity index (χ0v) is 11.3. The van der Waals surface area contributed by atoms with Gasteiger partial charge in [0.15, 0.2) is 0 Å². The monoisotopic (exact) mass is 253 g/mol. The van der Waals surface area contributed by atoms with E-state index in [0.29, 0.717) is 12.5 Å². The molecule has 4 nitrogen and oxygen atoms in total. The highest BCUT2D eigenvalue weighted by Gasteiger charge is 2.64. The molecule has 0 aromatic heterocycles. The van der Waals surface area contributed by atoms with Gasteiger partial charge in [0, 0.05) is 25.6 Å². The van der Waals surface area contributed by atoms with Crippen molar-refractivity contribution in [3.63, 3.8) is 0 Å². The lowest BCUT2D eigenvalue weighted by molar-refractivity contribution is -0.177. The number of aliphatic hydroxyl groups excluding tert-OH is 1. The summed E-state index contributed by atoms with van der Waals surface area (Å²) in [6.45, 7) is 3.31. The van der Waals surface area contributed by atoms with Crippen LogP contribution in [0, 0.1) is 17.3 Å². The summed E-state index contributed by atoms with van der Waals surface area (Å²) < 4.78 is 5.38. The van der Waals surface area contributed by atoms with E-state index in [0.717, 1.165) is 32.2 Å². The molecule has 4 heteroatoms. The SMILES string of the molecule is CCN1C(=O)[C@]2(COC)CC[C@H](O)[C@@H]3[C@H]1CC[C@@H]32. The fraction of sp³-hybridized carbons (Fsp3) is 0.929. The zero-order chi connectivity index (χ0) is 12.9. The Morgan fingerprint density at radius 2 is 2.22 bits per heavy atom. The quantitative estimate of drug-likeness (QED) is 0.817. The molecule has 1 heterocycles. The van der Waals surface area contributed by atoms with Crippen LogP contribution < -0.4 is 0 Å². The van der Waals surface area contributed by atoms with Gasteiger partial charge in [-0.2, -0.15) is 0 Å². The Kier molecular flexibility index (Phi) is 2.90. The Labute approximate surface area is 108 Å². The average Bonchev–Trinajstić information content (AvgIpc) is 2.75. The predicted octanol–water partition coefficient (Wildman–Crippen LogP) is 1.03. The third-order valence-corrected chi connectivity index (χ3v) is 5.55. The van der Waals surface area contributed by atoms with Gasteiger partial charge in [-0.3, -0.25) is 4.79 Å². The molecule has 3 fully saturated rings. The summed E-state index contributed by atoms with van der Waals surface area (Å²) in [4.78, 5) is 14.8. The highest BCUT2D eigenvalue weighted by Crippen LogP contribution is 2.58. The predicted molar refractivity (Wildman–Crippen MR) is 66.9 cm³/mol. The van der Waals surface area contributed by atoms with E-state index in [9.17, 15) is 9.90 Å². The molecule has 4 bridgehead atoms. The fourth-order valence-electron chi connectivity index (χ4n) is 4.90. The second-order valence-corrected chi connectivity index (χ2v) is 6.11. The number of amides is 1. The Morgan fingerprint density at radius 3 is 2.89 bits per heavy atom.